The highest BCUT2D eigenvalue weighted by atomic mass is 16.5. The van der Waals surface area contributed by atoms with Gasteiger partial charge in [-0.2, -0.15) is 0 Å². The fraction of sp³-hybridized carbons (Fsp3) is 1.00. The van der Waals surface area contributed by atoms with Crippen LogP contribution in [0, 0.1) is 5.41 Å². The molecule has 76 valence electrons. The zero-order chi connectivity index (χ0) is 9.47. The molecule has 2 rings (SSSR count). The SMILES string of the molecule is CC1CC(NC2CC2(C)C)CCO1. The van der Waals surface area contributed by atoms with Crippen LogP contribution in [0.4, 0.5) is 0 Å². The minimum Gasteiger partial charge on any atom is -0.378 e. The van der Waals surface area contributed by atoms with Gasteiger partial charge in [0.05, 0.1) is 6.10 Å². The Hall–Kier alpha value is -0.0800. The van der Waals surface area contributed by atoms with Crippen LogP contribution in [0.3, 0.4) is 0 Å². The molecule has 0 spiro atoms. The minimum atomic E-state index is 0.452. The molecule has 2 heteroatoms. The van der Waals surface area contributed by atoms with Crippen molar-refractivity contribution in [1.29, 1.82) is 0 Å². The van der Waals surface area contributed by atoms with Crippen LogP contribution in [0.15, 0.2) is 0 Å². The number of hydrogen-bond donors (Lipinski definition) is 1. The van der Waals surface area contributed by atoms with Crippen LogP contribution in [0.2, 0.25) is 0 Å². The number of rotatable bonds is 2. The third-order valence-corrected chi connectivity index (χ3v) is 3.44. The second kappa shape index (κ2) is 3.25. The third-order valence-electron chi connectivity index (χ3n) is 3.44. The summed E-state index contributed by atoms with van der Waals surface area (Å²) in [6.07, 6.45) is 4.18. The van der Waals surface area contributed by atoms with Crippen LogP contribution >= 0.6 is 0 Å². The van der Waals surface area contributed by atoms with E-state index < -0.39 is 0 Å². The molecule has 2 aliphatic rings. The maximum absolute atomic E-state index is 5.52. The van der Waals surface area contributed by atoms with Crippen LogP contribution in [0.25, 0.3) is 0 Å². The van der Waals surface area contributed by atoms with Crippen LogP contribution in [0.1, 0.15) is 40.0 Å². The van der Waals surface area contributed by atoms with Crippen molar-refractivity contribution < 1.29 is 4.74 Å². The van der Waals surface area contributed by atoms with Gasteiger partial charge in [-0.05, 0) is 31.6 Å². The van der Waals surface area contributed by atoms with Crippen molar-refractivity contribution in [3.8, 4) is 0 Å². The van der Waals surface area contributed by atoms with Crippen molar-refractivity contribution >= 4 is 0 Å². The molecule has 0 aromatic rings. The second-order valence-electron chi connectivity index (χ2n) is 5.31. The number of hydrogen-bond acceptors (Lipinski definition) is 2. The Morgan fingerprint density at radius 2 is 2.08 bits per heavy atom. The molecule has 3 unspecified atom stereocenters. The fourth-order valence-electron chi connectivity index (χ4n) is 2.19. The van der Waals surface area contributed by atoms with Crippen molar-refractivity contribution in [2.75, 3.05) is 6.61 Å². The molecule has 1 heterocycles. The van der Waals surface area contributed by atoms with E-state index in [2.05, 4.69) is 26.1 Å². The van der Waals surface area contributed by atoms with Crippen molar-refractivity contribution in [2.45, 2.75) is 58.2 Å². The molecular weight excluding hydrogens is 162 g/mol. The van der Waals surface area contributed by atoms with Gasteiger partial charge >= 0.3 is 0 Å². The van der Waals surface area contributed by atoms with Crippen LogP contribution in [0.5, 0.6) is 0 Å². The summed E-state index contributed by atoms with van der Waals surface area (Å²) in [7, 11) is 0. The van der Waals surface area contributed by atoms with Gasteiger partial charge < -0.3 is 10.1 Å². The first-order valence-electron chi connectivity index (χ1n) is 5.45. The highest BCUT2D eigenvalue weighted by Crippen LogP contribution is 2.45. The smallest absolute Gasteiger partial charge is 0.0561 e. The van der Waals surface area contributed by atoms with E-state index >= 15 is 0 Å². The van der Waals surface area contributed by atoms with E-state index in [1.54, 1.807) is 0 Å². The monoisotopic (exact) mass is 183 g/mol. The summed E-state index contributed by atoms with van der Waals surface area (Å²) in [6.45, 7) is 7.79. The minimum absolute atomic E-state index is 0.452. The molecule has 0 aromatic heterocycles. The number of nitrogens with one attached hydrogen (secondary N) is 1. The van der Waals surface area contributed by atoms with E-state index in [-0.39, 0.29) is 0 Å². The summed E-state index contributed by atoms with van der Waals surface area (Å²) >= 11 is 0. The van der Waals surface area contributed by atoms with E-state index in [1.807, 2.05) is 0 Å². The third kappa shape index (κ3) is 2.23. The van der Waals surface area contributed by atoms with Gasteiger partial charge in [0.15, 0.2) is 0 Å². The fourth-order valence-corrected chi connectivity index (χ4v) is 2.19. The summed E-state index contributed by atoms with van der Waals surface area (Å²) < 4.78 is 5.52. The summed E-state index contributed by atoms with van der Waals surface area (Å²) in [5, 5.41) is 3.73. The van der Waals surface area contributed by atoms with E-state index in [4.69, 9.17) is 4.74 Å². The molecule has 0 bridgehead atoms. The molecule has 0 amide bonds. The molecule has 1 aliphatic heterocycles. The van der Waals surface area contributed by atoms with Crippen LogP contribution in [-0.2, 0) is 4.74 Å². The van der Waals surface area contributed by atoms with Gasteiger partial charge in [-0.1, -0.05) is 13.8 Å². The average Bonchev–Trinajstić information content (AvgIpc) is 2.58. The zero-order valence-electron chi connectivity index (χ0n) is 8.97. The largest absolute Gasteiger partial charge is 0.378 e. The first-order chi connectivity index (χ1) is 6.08. The van der Waals surface area contributed by atoms with Gasteiger partial charge in [0, 0.05) is 18.7 Å². The van der Waals surface area contributed by atoms with E-state index in [9.17, 15) is 0 Å². The van der Waals surface area contributed by atoms with Crippen molar-refractivity contribution in [1.82, 2.24) is 5.32 Å². The molecule has 0 radical (unpaired) electrons. The molecule has 1 saturated heterocycles. The predicted octanol–water partition coefficient (Wildman–Crippen LogP) is 1.94. The molecular formula is C11H21NO. The first kappa shape index (κ1) is 9.47. The maximum Gasteiger partial charge on any atom is 0.0561 e. The first-order valence-corrected chi connectivity index (χ1v) is 5.45. The Kier molecular flexibility index (Phi) is 2.37. The summed E-state index contributed by atoms with van der Waals surface area (Å²) in [5.41, 5.74) is 0.557. The Morgan fingerprint density at radius 3 is 2.62 bits per heavy atom. The zero-order valence-corrected chi connectivity index (χ0v) is 8.97. The molecule has 1 saturated carbocycles. The average molecular weight is 183 g/mol. The maximum atomic E-state index is 5.52. The topological polar surface area (TPSA) is 21.3 Å². The van der Waals surface area contributed by atoms with Gasteiger partial charge in [-0.25, -0.2) is 0 Å². The Balaban J connectivity index is 1.76. The summed E-state index contributed by atoms with van der Waals surface area (Å²) in [6, 6.07) is 1.47. The quantitative estimate of drug-likeness (QED) is 0.706. The van der Waals surface area contributed by atoms with Gasteiger partial charge in [0.2, 0.25) is 0 Å². The predicted molar refractivity (Wildman–Crippen MR) is 53.8 cm³/mol. The lowest BCUT2D eigenvalue weighted by atomic mass is 10.0. The van der Waals surface area contributed by atoms with Gasteiger partial charge in [-0.3, -0.25) is 0 Å². The molecule has 2 fully saturated rings. The van der Waals surface area contributed by atoms with Crippen LogP contribution in [-0.4, -0.2) is 24.8 Å². The van der Waals surface area contributed by atoms with Crippen molar-refractivity contribution in [3.63, 3.8) is 0 Å². The molecule has 1 N–H and O–H groups in total. The molecule has 13 heavy (non-hydrogen) atoms. The lowest BCUT2D eigenvalue weighted by Gasteiger charge is -2.28. The normalized spacial score (nSPS) is 43.2. The van der Waals surface area contributed by atoms with Gasteiger partial charge in [0.25, 0.3) is 0 Å². The van der Waals surface area contributed by atoms with Crippen LogP contribution < -0.4 is 5.32 Å². The second-order valence-corrected chi connectivity index (χ2v) is 5.31. The lowest BCUT2D eigenvalue weighted by Crippen LogP contribution is -2.40. The van der Waals surface area contributed by atoms with Crippen molar-refractivity contribution in [2.24, 2.45) is 5.41 Å². The highest BCUT2D eigenvalue weighted by molar-refractivity contribution is 5.02. The van der Waals surface area contributed by atoms with Gasteiger partial charge in [0.1, 0.15) is 0 Å². The van der Waals surface area contributed by atoms with E-state index in [0.717, 1.165) is 12.6 Å². The number of ether oxygens (including phenoxy) is 1. The Bertz CT molecular complexity index is 191. The summed E-state index contributed by atoms with van der Waals surface area (Å²) in [4.78, 5) is 0. The molecule has 0 aromatic carbocycles. The van der Waals surface area contributed by atoms with Crippen molar-refractivity contribution in [3.05, 3.63) is 0 Å². The molecule has 1 aliphatic carbocycles. The molecule has 2 nitrogen and oxygen atoms in total. The van der Waals surface area contributed by atoms with E-state index in [0.29, 0.717) is 17.6 Å². The van der Waals surface area contributed by atoms with Gasteiger partial charge in [-0.15, -0.1) is 0 Å². The highest BCUT2D eigenvalue weighted by Gasteiger charge is 2.46. The summed E-state index contributed by atoms with van der Waals surface area (Å²) in [5.74, 6) is 0. The molecule has 3 atom stereocenters. The standard InChI is InChI=1S/C11H21NO/c1-8-6-9(4-5-13-8)12-10-7-11(10,2)3/h8-10,12H,4-7H2,1-3H3. The Morgan fingerprint density at radius 1 is 1.38 bits per heavy atom. The Labute approximate surface area is 81.0 Å². The lowest BCUT2D eigenvalue weighted by molar-refractivity contribution is 0.0125. The van der Waals surface area contributed by atoms with E-state index in [1.165, 1.54) is 19.3 Å².